The Hall–Kier alpha value is -1.94. The van der Waals surface area contributed by atoms with Gasteiger partial charge in [-0.05, 0) is 25.1 Å². The molecule has 0 fully saturated rings. The van der Waals surface area contributed by atoms with Crippen LogP contribution < -0.4 is 5.32 Å². The predicted molar refractivity (Wildman–Crippen MR) is 86.7 cm³/mol. The lowest BCUT2D eigenvalue weighted by Gasteiger charge is -2.19. The molecule has 1 heterocycles. The highest BCUT2D eigenvalue weighted by atomic mass is 16.2. The van der Waals surface area contributed by atoms with Crippen molar-refractivity contribution in [3.63, 3.8) is 0 Å². The highest BCUT2D eigenvalue weighted by Gasteiger charge is 2.17. The zero-order valence-corrected chi connectivity index (χ0v) is 13.2. The highest BCUT2D eigenvalue weighted by molar-refractivity contribution is 6.06. The van der Waals surface area contributed by atoms with Crippen molar-refractivity contribution >= 4 is 16.8 Å². The van der Waals surface area contributed by atoms with Crippen LogP contribution in [0.2, 0.25) is 0 Å². The normalized spacial score (nSPS) is 11.1. The van der Waals surface area contributed by atoms with Gasteiger partial charge in [0.05, 0.1) is 11.1 Å². The summed E-state index contributed by atoms with van der Waals surface area (Å²) in [6, 6.07) is 9.77. The topological polar surface area (TPSA) is 45.2 Å². The number of benzene rings is 1. The van der Waals surface area contributed by atoms with Crippen LogP contribution in [-0.4, -0.2) is 43.0 Å². The molecule has 0 unspecified atom stereocenters. The zero-order chi connectivity index (χ0) is 15.4. The Balaban J connectivity index is 2.48. The Morgan fingerprint density at radius 3 is 2.71 bits per heavy atom. The second kappa shape index (κ2) is 6.68. The molecule has 0 radical (unpaired) electrons. The van der Waals surface area contributed by atoms with Crippen LogP contribution in [0.1, 0.15) is 35.8 Å². The van der Waals surface area contributed by atoms with E-state index in [-0.39, 0.29) is 5.91 Å². The molecule has 1 N–H and O–H groups in total. The van der Waals surface area contributed by atoms with Crippen LogP contribution in [0.5, 0.6) is 0 Å². The standard InChI is InChI=1S/C17H23N3O/c1-12(2)16-11-14(17(21)20(4)10-9-18-3)13-7-5-6-8-15(13)19-16/h5-8,11-12,18H,9-10H2,1-4H3. The summed E-state index contributed by atoms with van der Waals surface area (Å²) in [7, 11) is 3.72. The number of hydrogen-bond acceptors (Lipinski definition) is 3. The third-order valence-corrected chi connectivity index (χ3v) is 3.60. The van der Waals surface area contributed by atoms with Gasteiger partial charge in [0.15, 0.2) is 0 Å². The first kappa shape index (κ1) is 15.4. The smallest absolute Gasteiger partial charge is 0.254 e. The molecule has 0 aliphatic carbocycles. The van der Waals surface area contributed by atoms with Gasteiger partial charge in [0.25, 0.3) is 5.91 Å². The lowest BCUT2D eigenvalue weighted by Crippen LogP contribution is -2.33. The number of fused-ring (bicyclic) bond motifs is 1. The van der Waals surface area contributed by atoms with Crippen LogP contribution in [-0.2, 0) is 0 Å². The molecule has 1 aromatic carbocycles. The number of carbonyl (C=O) groups excluding carboxylic acids is 1. The molecule has 112 valence electrons. The second-order valence-corrected chi connectivity index (χ2v) is 5.60. The molecule has 4 nitrogen and oxygen atoms in total. The Kier molecular flexibility index (Phi) is 4.91. The van der Waals surface area contributed by atoms with Crippen molar-refractivity contribution in [3.8, 4) is 0 Å². The highest BCUT2D eigenvalue weighted by Crippen LogP contribution is 2.23. The summed E-state index contributed by atoms with van der Waals surface area (Å²) < 4.78 is 0. The van der Waals surface area contributed by atoms with E-state index >= 15 is 0 Å². The Morgan fingerprint density at radius 1 is 1.33 bits per heavy atom. The van der Waals surface area contributed by atoms with E-state index in [9.17, 15) is 4.79 Å². The van der Waals surface area contributed by atoms with Crippen molar-refractivity contribution in [2.24, 2.45) is 0 Å². The Bertz CT molecular complexity index is 637. The van der Waals surface area contributed by atoms with Gasteiger partial charge in [0.1, 0.15) is 0 Å². The van der Waals surface area contributed by atoms with Gasteiger partial charge in [-0.3, -0.25) is 9.78 Å². The fourth-order valence-corrected chi connectivity index (χ4v) is 2.26. The minimum atomic E-state index is 0.0470. The first-order valence-electron chi connectivity index (χ1n) is 7.34. The maximum Gasteiger partial charge on any atom is 0.254 e. The largest absolute Gasteiger partial charge is 0.340 e. The number of rotatable bonds is 5. The van der Waals surface area contributed by atoms with Crippen LogP contribution >= 0.6 is 0 Å². The van der Waals surface area contributed by atoms with E-state index in [1.165, 1.54) is 0 Å². The van der Waals surface area contributed by atoms with Crippen molar-refractivity contribution in [2.75, 3.05) is 27.2 Å². The molecule has 4 heteroatoms. The quantitative estimate of drug-likeness (QED) is 0.918. The van der Waals surface area contributed by atoms with Crippen molar-refractivity contribution in [3.05, 3.63) is 41.6 Å². The van der Waals surface area contributed by atoms with E-state index in [1.807, 2.05) is 44.4 Å². The van der Waals surface area contributed by atoms with Crippen molar-refractivity contribution in [1.82, 2.24) is 15.2 Å². The van der Waals surface area contributed by atoms with Gasteiger partial charge in [0, 0.05) is 31.2 Å². The summed E-state index contributed by atoms with van der Waals surface area (Å²) in [5.41, 5.74) is 2.58. The number of pyridine rings is 1. The molecule has 0 saturated heterocycles. The Labute approximate surface area is 126 Å². The third-order valence-electron chi connectivity index (χ3n) is 3.60. The molecular weight excluding hydrogens is 262 g/mol. The summed E-state index contributed by atoms with van der Waals surface area (Å²) in [5.74, 6) is 0.342. The Morgan fingerprint density at radius 2 is 2.05 bits per heavy atom. The van der Waals surface area contributed by atoms with Gasteiger partial charge in [-0.15, -0.1) is 0 Å². The zero-order valence-electron chi connectivity index (χ0n) is 13.2. The van der Waals surface area contributed by atoms with E-state index in [0.29, 0.717) is 12.5 Å². The maximum atomic E-state index is 12.7. The van der Waals surface area contributed by atoms with Crippen molar-refractivity contribution < 1.29 is 4.79 Å². The predicted octanol–water partition coefficient (Wildman–Crippen LogP) is 2.65. The number of hydrogen-bond donors (Lipinski definition) is 1. The fourth-order valence-electron chi connectivity index (χ4n) is 2.26. The minimum Gasteiger partial charge on any atom is -0.340 e. The molecule has 0 bridgehead atoms. The molecule has 2 aromatic rings. The van der Waals surface area contributed by atoms with Crippen LogP contribution in [0.3, 0.4) is 0 Å². The number of likely N-dealkylation sites (N-methyl/N-ethyl adjacent to an activating group) is 2. The molecular formula is C17H23N3O. The number of aromatic nitrogens is 1. The number of nitrogens with one attached hydrogen (secondary N) is 1. The van der Waals surface area contributed by atoms with Crippen LogP contribution in [0.25, 0.3) is 10.9 Å². The lowest BCUT2D eigenvalue weighted by molar-refractivity contribution is 0.0798. The van der Waals surface area contributed by atoms with Crippen LogP contribution in [0, 0.1) is 0 Å². The summed E-state index contributed by atoms with van der Waals surface area (Å²) in [6.45, 7) is 5.65. The van der Waals surface area contributed by atoms with Crippen molar-refractivity contribution in [2.45, 2.75) is 19.8 Å². The molecule has 0 saturated carbocycles. The summed E-state index contributed by atoms with van der Waals surface area (Å²) in [5, 5.41) is 3.99. The monoisotopic (exact) mass is 285 g/mol. The molecule has 21 heavy (non-hydrogen) atoms. The van der Waals surface area contributed by atoms with E-state index in [4.69, 9.17) is 0 Å². The summed E-state index contributed by atoms with van der Waals surface area (Å²) in [4.78, 5) is 19.1. The molecule has 0 aliphatic heterocycles. The van der Waals surface area contributed by atoms with Gasteiger partial charge < -0.3 is 10.2 Å². The first-order valence-corrected chi connectivity index (χ1v) is 7.34. The number of nitrogens with zero attached hydrogens (tertiary/aromatic N) is 2. The van der Waals surface area contributed by atoms with Gasteiger partial charge in [-0.2, -0.15) is 0 Å². The van der Waals surface area contributed by atoms with Gasteiger partial charge in [0.2, 0.25) is 0 Å². The number of amides is 1. The molecule has 0 spiro atoms. The van der Waals surface area contributed by atoms with Gasteiger partial charge >= 0.3 is 0 Å². The second-order valence-electron chi connectivity index (χ2n) is 5.60. The molecule has 1 amide bonds. The van der Waals surface area contributed by atoms with Crippen LogP contribution in [0.15, 0.2) is 30.3 Å². The van der Waals surface area contributed by atoms with Gasteiger partial charge in [-0.25, -0.2) is 0 Å². The first-order chi connectivity index (χ1) is 10.0. The lowest BCUT2D eigenvalue weighted by atomic mass is 10.0. The summed E-state index contributed by atoms with van der Waals surface area (Å²) >= 11 is 0. The van der Waals surface area contributed by atoms with E-state index < -0.39 is 0 Å². The number of carbonyl (C=O) groups is 1. The van der Waals surface area contributed by atoms with E-state index in [1.54, 1.807) is 4.90 Å². The maximum absolute atomic E-state index is 12.7. The average molecular weight is 285 g/mol. The molecule has 0 aliphatic rings. The van der Waals surface area contributed by atoms with E-state index in [0.717, 1.165) is 28.7 Å². The fraction of sp³-hybridized carbons (Fsp3) is 0.412. The van der Waals surface area contributed by atoms with Crippen LogP contribution in [0.4, 0.5) is 0 Å². The third kappa shape index (κ3) is 3.39. The molecule has 0 atom stereocenters. The molecule has 2 rings (SSSR count). The minimum absolute atomic E-state index is 0.0470. The van der Waals surface area contributed by atoms with Gasteiger partial charge in [-0.1, -0.05) is 32.0 Å². The average Bonchev–Trinajstić information content (AvgIpc) is 2.50. The molecule has 1 aromatic heterocycles. The SMILES string of the molecule is CNCCN(C)C(=O)c1cc(C(C)C)nc2ccccc12. The van der Waals surface area contributed by atoms with Crippen molar-refractivity contribution in [1.29, 1.82) is 0 Å². The van der Waals surface area contributed by atoms with E-state index in [2.05, 4.69) is 24.1 Å². The number of para-hydroxylation sites is 1. The summed E-state index contributed by atoms with van der Waals surface area (Å²) in [6.07, 6.45) is 0.